The summed E-state index contributed by atoms with van der Waals surface area (Å²) < 4.78 is 5.12. The van der Waals surface area contributed by atoms with E-state index in [-0.39, 0.29) is 12.0 Å². The number of aromatic nitrogens is 3. The van der Waals surface area contributed by atoms with Crippen molar-refractivity contribution in [1.82, 2.24) is 19.9 Å². The summed E-state index contributed by atoms with van der Waals surface area (Å²) in [6.07, 6.45) is 4.94. The number of amides is 2. The van der Waals surface area contributed by atoms with E-state index in [0.29, 0.717) is 37.5 Å². The van der Waals surface area contributed by atoms with E-state index in [1.54, 1.807) is 31.5 Å². The third-order valence-corrected chi connectivity index (χ3v) is 8.05. The van der Waals surface area contributed by atoms with Crippen LogP contribution in [0.15, 0.2) is 91.3 Å². The van der Waals surface area contributed by atoms with E-state index >= 15 is 0 Å². The molecule has 0 unspecified atom stereocenters. The molecule has 2 amide bonds. The number of nitrogens with zero attached hydrogens (tertiary/aromatic N) is 4. The third kappa shape index (κ3) is 6.45. The van der Waals surface area contributed by atoms with Crippen LogP contribution in [0.1, 0.15) is 46.6 Å². The summed E-state index contributed by atoms with van der Waals surface area (Å²) >= 11 is 0. The maximum atomic E-state index is 13.7. The van der Waals surface area contributed by atoms with Gasteiger partial charge in [-0.1, -0.05) is 49.4 Å². The summed E-state index contributed by atoms with van der Waals surface area (Å²) in [5, 5.41) is 3.15. The average molecular weight is 598 g/mol. The number of carbonyl (C=O) groups is 2. The van der Waals surface area contributed by atoms with Gasteiger partial charge < -0.3 is 15.0 Å². The van der Waals surface area contributed by atoms with Crippen molar-refractivity contribution < 1.29 is 14.3 Å². The van der Waals surface area contributed by atoms with Crippen LogP contribution in [0.2, 0.25) is 0 Å². The van der Waals surface area contributed by atoms with Crippen LogP contribution in [-0.4, -0.2) is 45.0 Å². The van der Waals surface area contributed by atoms with Crippen LogP contribution in [0.25, 0.3) is 33.8 Å². The molecule has 45 heavy (non-hydrogen) atoms. The molecule has 1 aliphatic rings. The summed E-state index contributed by atoms with van der Waals surface area (Å²) in [6.45, 7) is 7.21. The van der Waals surface area contributed by atoms with Gasteiger partial charge in [0.1, 0.15) is 0 Å². The fourth-order valence-electron chi connectivity index (χ4n) is 5.62. The number of aryl methyl sites for hydroxylation is 2. The lowest BCUT2D eigenvalue weighted by Crippen LogP contribution is -2.39. The van der Waals surface area contributed by atoms with Crippen LogP contribution >= 0.6 is 0 Å². The Kier molecular flexibility index (Phi) is 8.64. The minimum atomic E-state index is -0.341. The molecular weight excluding hydrogens is 562 g/mol. The number of pyridine rings is 1. The molecule has 0 spiro atoms. The molecule has 0 aliphatic carbocycles. The lowest BCUT2D eigenvalue weighted by molar-refractivity contribution is 0.0526. The van der Waals surface area contributed by atoms with Gasteiger partial charge in [0.15, 0.2) is 5.82 Å². The van der Waals surface area contributed by atoms with Crippen molar-refractivity contribution in [2.24, 2.45) is 0 Å². The van der Waals surface area contributed by atoms with Gasteiger partial charge >= 0.3 is 12.0 Å². The van der Waals surface area contributed by atoms with E-state index in [1.165, 1.54) is 0 Å². The zero-order valence-electron chi connectivity index (χ0n) is 25.7. The van der Waals surface area contributed by atoms with Crippen molar-refractivity contribution in [3.63, 3.8) is 0 Å². The van der Waals surface area contributed by atoms with Gasteiger partial charge in [-0.05, 0) is 78.9 Å². The monoisotopic (exact) mass is 597 g/mol. The normalized spacial score (nSPS) is 12.4. The van der Waals surface area contributed by atoms with Gasteiger partial charge in [0.25, 0.3) is 0 Å². The van der Waals surface area contributed by atoms with E-state index in [0.717, 1.165) is 62.4 Å². The van der Waals surface area contributed by atoms with Crippen LogP contribution in [0, 0.1) is 6.92 Å². The summed E-state index contributed by atoms with van der Waals surface area (Å²) in [7, 11) is 0. The molecule has 1 aliphatic heterocycles. The number of anilines is 1. The SMILES string of the molecule is CCOC(=O)c1ccc(-c2cc(CC)cc(NC(=O)N3CCc4nc(-c5cccnc5)nc(-c5ccccc5C)c4C3)c2)cc1. The smallest absolute Gasteiger partial charge is 0.338 e. The molecule has 226 valence electrons. The van der Waals surface area contributed by atoms with Crippen LogP contribution in [0.3, 0.4) is 0 Å². The number of esters is 1. The molecule has 0 atom stereocenters. The molecule has 0 bridgehead atoms. The van der Waals surface area contributed by atoms with Gasteiger partial charge in [-0.2, -0.15) is 0 Å². The van der Waals surface area contributed by atoms with Crippen LogP contribution in [0.5, 0.6) is 0 Å². The molecular formula is C37H35N5O3. The zero-order valence-corrected chi connectivity index (χ0v) is 25.7. The van der Waals surface area contributed by atoms with Crippen molar-refractivity contribution in [3.8, 4) is 33.8 Å². The minimum absolute atomic E-state index is 0.176. The fraction of sp³-hybridized carbons (Fsp3) is 0.216. The number of hydrogen-bond acceptors (Lipinski definition) is 6. The van der Waals surface area contributed by atoms with Crippen LogP contribution in [0.4, 0.5) is 10.5 Å². The number of carbonyl (C=O) groups excluding carboxylic acids is 2. The summed E-state index contributed by atoms with van der Waals surface area (Å²) in [4.78, 5) is 41.9. The van der Waals surface area contributed by atoms with Gasteiger partial charge in [0.2, 0.25) is 0 Å². The molecule has 6 rings (SSSR count). The largest absolute Gasteiger partial charge is 0.462 e. The molecule has 3 aromatic carbocycles. The van der Waals surface area contributed by atoms with Crippen molar-refractivity contribution in [2.45, 2.75) is 40.2 Å². The molecule has 0 saturated carbocycles. The predicted molar refractivity (Wildman–Crippen MR) is 176 cm³/mol. The highest BCUT2D eigenvalue weighted by Gasteiger charge is 2.27. The number of fused-ring (bicyclic) bond motifs is 1. The maximum absolute atomic E-state index is 13.7. The highest BCUT2D eigenvalue weighted by atomic mass is 16.5. The van der Waals surface area contributed by atoms with Crippen molar-refractivity contribution >= 4 is 17.7 Å². The van der Waals surface area contributed by atoms with Crippen LogP contribution in [-0.2, 0) is 24.1 Å². The van der Waals surface area contributed by atoms with Crippen molar-refractivity contribution in [3.05, 3.63) is 119 Å². The van der Waals surface area contributed by atoms with E-state index < -0.39 is 0 Å². The van der Waals surface area contributed by atoms with E-state index in [1.807, 2.05) is 53.4 Å². The molecule has 0 fully saturated rings. The number of rotatable bonds is 7. The zero-order chi connectivity index (χ0) is 31.3. The number of hydrogen-bond donors (Lipinski definition) is 1. The van der Waals surface area contributed by atoms with E-state index in [4.69, 9.17) is 14.7 Å². The van der Waals surface area contributed by atoms with E-state index in [9.17, 15) is 9.59 Å². The van der Waals surface area contributed by atoms with Gasteiger partial charge in [0, 0.05) is 47.7 Å². The summed E-state index contributed by atoms with van der Waals surface area (Å²) in [5.41, 5.74) is 9.98. The number of benzene rings is 3. The molecule has 2 aromatic heterocycles. The third-order valence-electron chi connectivity index (χ3n) is 8.05. The highest BCUT2D eigenvalue weighted by molar-refractivity contribution is 5.92. The second-order valence-electron chi connectivity index (χ2n) is 11.0. The Bertz CT molecular complexity index is 1860. The Balaban J connectivity index is 1.28. The Labute approximate surface area is 263 Å². The average Bonchev–Trinajstić information content (AvgIpc) is 3.08. The van der Waals surface area contributed by atoms with Gasteiger partial charge in [-0.25, -0.2) is 19.6 Å². The first-order valence-electron chi connectivity index (χ1n) is 15.3. The standard InChI is InChI=1S/C37H35N5O3/c1-4-25-19-29(26-12-14-27(15-13-26)36(43)45-5-2)21-30(20-25)39-37(44)42-18-16-33-32(23-42)34(31-11-7-6-9-24(31)3)41-35(40-33)28-10-8-17-38-22-28/h6-15,17,19-22H,4-5,16,18,23H2,1-3H3,(H,39,44). The van der Waals surface area contributed by atoms with Gasteiger partial charge in [0.05, 0.1) is 30.1 Å². The van der Waals surface area contributed by atoms with Gasteiger partial charge in [-0.15, -0.1) is 0 Å². The lowest BCUT2D eigenvalue weighted by Gasteiger charge is -2.30. The first-order chi connectivity index (χ1) is 21.9. The minimum Gasteiger partial charge on any atom is -0.462 e. The molecule has 8 heteroatoms. The highest BCUT2D eigenvalue weighted by Crippen LogP contribution is 2.33. The quantitative estimate of drug-likeness (QED) is 0.195. The molecule has 5 aromatic rings. The second kappa shape index (κ2) is 13.1. The lowest BCUT2D eigenvalue weighted by atomic mass is 9.96. The topological polar surface area (TPSA) is 97.3 Å². The summed E-state index contributed by atoms with van der Waals surface area (Å²) in [5.74, 6) is 0.295. The van der Waals surface area contributed by atoms with Crippen LogP contribution < -0.4 is 5.32 Å². The number of ether oxygens (including phenoxy) is 1. The molecule has 8 nitrogen and oxygen atoms in total. The van der Waals surface area contributed by atoms with Crippen molar-refractivity contribution in [2.75, 3.05) is 18.5 Å². The first-order valence-corrected chi connectivity index (χ1v) is 15.3. The number of nitrogens with one attached hydrogen (secondary N) is 1. The Hall–Kier alpha value is -5.37. The van der Waals surface area contributed by atoms with Crippen molar-refractivity contribution in [1.29, 1.82) is 0 Å². The molecule has 0 radical (unpaired) electrons. The number of urea groups is 1. The first kappa shape index (κ1) is 29.7. The fourth-order valence-corrected chi connectivity index (χ4v) is 5.62. The molecule has 1 N–H and O–H groups in total. The molecule has 0 saturated heterocycles. The predicted octanol–water partition coefficient (Wildman–Crippen LogP) is 7.51. The summed E-state index contributed by atoms with van der Waals surface area (Å²) in [6, 6.07) is 25.3. The second-order valence-corrected chi connectivity index (χ2v) is 11.0. The van der Waals surface area contributed by atoms with E-state index in [2.05, 4.69) is 42.3 Å². The Morgan fingerprint density at radius 2 is 1.73 bits per heavy atom. The Morgan fingerprint density at radius 1 is 0.911 bits per heavy atom. The van der Waals surface area contributed by atoms with Gasteiger partial charge in [-0.3, -0.25) is 4.98 Å². The maximum Gasteiger partial charge on any atom is 0.338 e. The molecule has 3 heterocycles. The Morgan fingerprint density at radius 3 is 2.47 bits per heavy atom.